The molecule has 0 radical (unpaired) electrons. The summed E-state index contributed by atoms with van der Waals surface area (Å²) < 4.78 is 25.0. The fourth-order valence-electron chi connectivity index (χ4n) is 3.75. The van der Waals surface area contributed by atoms with Crippen molar-refractivity contribution >= 4 is 38.0 Å². The van der Waals surface area contributed by atoms with Gasteiger partial charge in [0.15, 0.2) is 0 Å². The highest BCUT2D eigenvalue weighted by Gasteiger charge is 2.23. The molecule has 8 heteroatoms. The van der Waals surface area contributed by atoms with Crippen LogP contribution in [0.4, 0.5) is 0 Å². The van der Waals surface area contributed by atoms with Crippen LogP contribution in [0.25, 0.3) is 10.8 Å². The molecular formula is C25H24N2O4S2. The zero-order valence-corrected chi connectivity index (χ0v) is 19.6. The van der Waals surface area contributed by atoms with E-state index in [0.29, 0.717) is 16.9 Å². The molecule has 0 aliphatic carbocycles. The van der Waals surface area contributed by atoms with Crippen molar-refractivity contribution in [2.45, 2.75) is 12.5 Å². The lowest BCUT2D eigenvalue weighted by molar-refractivity contribution is 0.0947. The maximum absolute atomic E-state index is 13.2. The van der Waals surface area contributed by atoms with Gasteiger partial charge < -0.3 is 10.4 Å². The third-order valence-corrected chi connectivity index (χ3v) is 7.14. The minimum Gasteiger partial charge on any atom is -0.508 e. The molecule has 1 amide bonds. The summed E-state index contributed by atoms with van der Waals surface area (Å²) >= 11 is 1.32. The van der Waals surface area contributed by atoms with Gasteiger partial charge in [0.25, 0.3) is 5.91 Å². The van der Waals surface area contributed by atoms with Crippen LogP contribution in [-0.4, -0.2) is 32.2 Å². The molecule has 0 unspecified atom stereocenters. The highest BCUT2D eigenvalue weighted by molar-refractivity contribution is 7.88. The molecule has 1 aromatic heterocycles. The molecule has 33 heavy (non-hydrogen) atoms. The van der Waals surface area contributed by atoms with Gasteiger partial charge in [0.2, 0.25) is 10.0 Å². The molecule has 4 aromatic rings. The average Bonchev–Trinajstić information content (AvgIpc) is 3.26. The number of carbonyl (C=O) groups excluding carboxylic acids is 1. The van der Waals surface area contributed by atoms with Crippen molar-refractivity contribution in [3.63, 3.8) is 0 Å². The van der Waals surface area contributed by atoms with Crippen LogP contribution in [0.2, 0.25) is 0 Å². The topological polar surface area (TPSA) is 95.5 Å². The van der Waals surface area contributed by atoms with Gasteiger partial charge in [-0.05, 0) is 41.0 Å². The fraction of sp³-hybridized carbons (Fsp3) is 0.160. The van der Waals surface area contributed by atoms with Crippen molar-refractivity contribution in [3.05, 3.63) is 99.7 Å². The Morgan fingerprint density at radius 1 is 0.970 bits per heavy atom. The molecular weight excluding hydrogens is 456 g/mol. The number of phenolic OH excluding ortho intramolecular Hbond substituents is 1. The highest BCUT2D eigenvalue weighted by Crippen LogP contribution is 2.36. The summed E-state index contributed by atoms with van der Waals surface area (Å²) in [6.07, 6.45) is 1.62. The van der Waals surface area contributed by atoms with E-state index in [0.717, 1.165) is 27.5 Å². The van der Waals surface area contributed by atoms with Gasteiger partial charge in [-0.2, -0.15) is 0 Å². The molecule has 1 atom stereocenters. The van der Waals surface area contributed by atoms with E-state index in [1.54, 1.807) is 12.1 Å². The van der Waals surface area contributed by atoms with Crippen molar-refractivity contribution in [1.29, 1.82) is 0 Å². The molecule has 3 aromatic carbocycles. The van der Waals surface area contributed by atoms with E-state index in [-0.39, 0.29) is 18.2 Å². The van der Waals surface area contributed by atoms with Crippen LogP contribution in [0.5, 0.6) is 5.75 Å². The Morgan fingerprint density at radius 3 is 2.45 bits per heavy atom. The van der Waals surface area contributed by atoms with Gasteiger partial charge in [-0.1, -0.05) is 60.7 Å². The smallest absolute Gasteiger partial charge is 0.262 e. The predicted octanol–water partition coefficient (Wildman–Crippen LogP) is 4.22. The highest BCUT2D eigenvalue weighted by atomic mass is 32.2. The number of rotatable bonds is 8. The van der Waals surface area contributed by atoms with Crippen molar-refractivity contribution in [3.8, 4) is 5.75 Å². The minimum atomic E-state index is -3.25. The first-order chi connectivity index (χ1) is 15.8. The van der Waals surface area contributed by atoms with Gasteiger partial charge in [-0.25, -0.2) is 13.1 Å². The summed E-state index contributed by atoms with van der Waals surface area (Å²) in [7, 11) is -3.25. The van der Waals surface area contributed by atoms with Crippen LogP contribution in [0.3, 0.4) is 0 Å². The SMILES string of the molecule is CS(=O)(=O)NCCc1ccc(C(=O)N[C@@H](c2ccccc2)c2c(O)ccc3ccccc23)s1. The molecule has 170 valence electrons. The normalized spacial score (nSPS) is 12.5. The second-order valence-electron chi connectivity index (χ2n) is 7.72. The first-order valence-electron chi connectivity index (χ1n) is 10.4. The van der Waals surface area contributed by atoms with Crippen LogP contribution in [0.1, 0.15) is 31.7 Å². The average molecular weight is 481 g/mol. The Kier molecular flexibility index (Phi) is 6.78. The van der Waals surface area contributed by atoms with Gasteiger partial charge in [0.05, 0.1) is 17.2 Å². The largest absolute Gasteiger partial charge is 0.508 e. The number of fused-ring (bicyclic) bond motifs is 1. The Labute approximate surface area is 197 Å². The van der Waals surface area contributed by atoms with E-state index in [2.05, 4.69) is 10.0 Å². The summed E-state index contributed by atoms with van der Waals surface area (Å²) in [4.78, 5) is 14.6. The molecule has 0 spiro atoms. The Morgan fingerprint density at radius 2 is 1.70 bits per heavy atom. The number of carbonyl (C=O) groups is 1. The lowest BCUT2D eigenvalue weighted by Crippen LogP contribution is -2.29. The van der Waals surface area contributed by atoms with Crippen LogP contribution in [-0.2, 0) is 16.4 Å². The van der Waals surface area contributed by atoms with E-state index in [1.165, 1.54) is 11.3 Å². The van der Waals surface area contributed by atoms with E-state index in [1.807, 2.05) is 66.7 Å². The van der Waals surface area contributed by atoms with Gasteiger partial charge in [0.1, 0.15) is 5.75 Å². The van der Waals surface area contributed by atoms with Gasteiger partial charge in [-0.15, -0.1) is 11.3 Å². The van der Waals surface area contributed by atoms with Crippen LogP contribution in [0, 0.1) is 0 Å². The molecule has 3 N–H and O–H groups in total. The van der Waals surface area contributed by atoms with Gasteiger partial charge in [-0.3, -0.25) is 4.79 Å². The fourth-order valence-corrected chi connectivity index (χ4v) is 5.13. The molecule has 0 aliphatic heterocycles. The number of hydrogen-bond acceptors (Lipinski definition) is 5. The lowest BCUT2D eigenvalue weighted by Gasteiger charge is -2.22. The summed E-state index contributed by atoms with van der Waals surface area (Å²) in [6, 6.07) is 23.8. The molecule has 0 fully saturated rings. The zero-order valence-electron chi connectivity index (χ0n) is 18.0. The number of nitrogens with one attached hydrogen (secondary N) is 2. The zero-order chi connectivity index (χ0) is 23.4. The molecule has 0 saturated carbocycles. The maximum atomic E-state index is 13.2. The van der Waals surface area contributed by atoms with Gasteiger partial charge in [0, 0.05) is 17.0 Å². The van der Waals surface area contributed by atoms with E-state index in [9.17, 15) is 18.3 Å². The number of benzene rings is 3. The first-order valence-corrected chi connectivity index (χ1v) is 13.1. The molecule has 0 bridgehead atoms. The summed E-state index contributed by atoms with van der Waals surface area (Å²) in [5, 5.41) is 15.7. The first kappa shape index (κ1) is 23.0. The Hall–Kier alpha value is -3.20. The third kappa shape index (κ3) is 5.60. The molecule has 0 aliphatic rings. The quantitative estimate of drug-likeness (QED) is 0.352. The minimum absolute atomic E-state index is 0.113. The molecule has 6 nitrogen and oxygen atoms in total. The lowest BCUT2D eigenvalue weighted by atomic mass is 9.92. The maximum Gasteiger partial charge on any atom is 0.262 e. The Bertz CT molecular complexity index is 1380. The monoisotopic (exact) mass is 480 g/mol. The Balaban J connectivity index is 1.63. The summed E-state index contributed by atoms with van der Waals surface area (Å²) in [5.41, 5.74) is 1.49. The van der Waals surface area contributed by atoms with E-state index in [4.69, 9.17) is 0 Å². The van der Waals surface area contributed by atoms with Gasteiger partial charge >= 0.3 is 0 Å². The number of phenols is 1. The number of amides is 1. The van der Waals surface area contributed by atoms with Crippen molar-refractivity contribution in [2.75, 3.05) is 12.8 Å². The van der Waals surface area contributed by atoms with Crippen molar-refractivity contribution in [2.24, 2.45) is 0 Å². The number of sulfonamides is 1. The number of aromatic hydroxyl groups is 1. The van der Waals surface area contributed by atoms with Crippen LogP contribution >= 0.6 is 11.3 Å². The van der Waals surface area contributed by atoms with Crippen LogP contribution in [0.15, 0.2) is 78.9 Å². The molecule has 1 heterocycles. The summed E-state index contributed by atoms with van der Waals surface area (Å²) in [5.74, 6) is -0.148. The molecule has 4 rings (SSSR count). The standard InChI is InChI=1S/C25H24N2O4S2/c1-33(30,31)26-16-15-19-12-14-22(32-19)25(29)27-24(18-8-3-2-4-9-18)23-20-10-6-5-7-17(20)11-13-21(23)28/h2-14,24,26,28H,15-16H2,1H3,(H,27,29)/t24-/m0/s1. The van der Waals surface area contributed by atoms with E-state index >= 15 is 0 Å². The van der Waals surface area contributed by atoms with Crippen molar-refractivity contribution in [1.82, 2.24) is 10.0 Å². The second kappa shape index (κ2) is 9.74. The van der Waals surface area contributed by atoms with Crippen molar-refractivity contribution < 1.29 is 18.3 Å². The number of thiophene rings is 1. The third-order valence-electron chi connectivity index (χ3n) is 5.27. The second-order valence-corrected chi connectivity index (χ2v) is 10.7. The molecule has 0 saturated heterocycles. The predicted molar refractivity (Wildman–Crippen MR) is 132 cm³/mol. The van der Waals surface area contributed by atoms with Crippen LogP contribution < -0.4 is 10.0 Å². The number of hydrogen-bond donors (Lipinski definition) is 3. The summed E-state index contributed by atoms with van der Waals surface area (Å²) in [6.45, 7) is 0.275. The van der Waals surface area contributed by atoms with E-state index < -0.39 is 16.1 Å².